The zero-order valence-electron chi connectivity index (χ0n) is 10.1. The summed E-state index contributed by atoms with van der Waals surface area (Å²) in [7, 11) is 0. The summed E-state index contributed by atoms with van der Waals surface area (Å²) in [5.74, 6) is 2.49. The van der Waals surface area contributed by atoms with Gasteiger partial charge in [-0.15, -0.1) is 12.4 Å². The minimum absolute atomic E-state index is 0. The van der Waals surface area contributed by atoms with Crippen LogP contribution >= 0.6 is 12.4 Å². The third kappa shape index (κ3) is 4.44. The molecule has 0 radical (unpaired) electrons. The van der Waals surface area contributed by atoms with Gasteiger partial charge >= 0.3 is 0 Å². The Labute approximate surface area is 109 Å². The van der Waals surface area contributed by atoms with Crippen LogP contribution in [0.2, 0.25) is 0 Å². The van der Waals surface area contributed by atoms with E-state index in [0.29, 0.717) is 12.5 Å². The Kier molecular flexibility index (Phi) is 6.16. The predicted octanol–water partition coefficient (Wildman–Crippen LogP) is 2.50. The maximum Gasteiger partial charge on any atom is 0.119 e. The largest absolute Gasteiger partial charge is 0.494 e. The summed E-state index contributed by atoms with van der Waals surface area (Å²) < 4.78 is 11.1. The summed E-state index contributed by atoms with van der Waals surface area (Å²) in [6.07, 6.45) is 1.22. The van der Waals surface area contributed by atoms with E-state index in [1.54, 1.807) is 0 Å². The molecule has 2 rings (SSSR count). The normalized spacial score (nSPS) is 18.5. The van der Waals surface area contributed by atoms with Gasteiger partial charge < -0.3 is 14.8 Å². The second-order valence-electron chi connectivity index (χ2n) is 4.07. The standard InChI is InChI=1S/C13H19NO2.ClH/c1-2-15-12-3-5-13(6-4-12)16-10-11-7-8-14-9-11;/h3-6,11,14H,2,7-10H2,1H3;1H. The fraction of sp³-hybridized carbons (Fsp3) is 0.538. The Morgan fingerprint density at radius 1 is 1.18 bits per heavy atom. The van der Waals surface area contributed by atoms with Crippen molar-refractivity contribution in [2.24, 2.45) is 5.92 Å². The topological polar surface area (TPSA) is 30.5 Å². The third-order valence-corrected chi connectivity index (χ3v) is 2.78. The highest BCUT2D eigenvalue weighted by molar-refractivity contribution is 5.85. The highest BCUT2D eigenvalue weighted by atomic mass is 35.5. The molecule has 0 aromatic heterocycles. The maximum atomic E-state index is 5.73. The van der Waals surface area contributed by atoms with Crippen molar-refractivity contribution in [3.63, 3.8) is 0 Å². The van der Waals surface area contributed by atoms with Crippen LogP contribution in [0.25, 0.3) is 0 Å². The molecule has 1 atom stereocenters. The molecule has 0 bridgehead atoms. The van der Waals surface area contributed by atoms with Crippen LogP contribution in [0.15, 0.2) is 24.3 Å². The lowest BCUT2D eigenvalue weighted by atomic mass is 10.1. The first kappa shape index (κ1) is 14.1. The van der Waals surface area contributed by atoms with Crippen molar-refractivity contribution >= 4 is 12.4 Å². The third-order valence-electron chi connectivity index (χ3n) is 2.78. The number of hydrogen-bond acceptors (Lipinski definition) is 3. The molecule has 4 heteroatoms. The summed E-state index contributed by atoms with van der Waals surface area (Å²) in [5.41, 5.74) is 0. The lowest BCUT2D eigenvalue weighted by Crippen LogP contribution is -2.15. The lowest BCUT2D eigenvalue weighted by Gasteiger charge is -2.11. The van der Waals surface area contributed by atoms with E-state index in [4.69, 9.17) is 9.47 Å². The van der Waals surface area contributed by atoms with Crippen molar-refractivity contribution in [3.05, 3.63) is 24.3 Å². The first-order valence-electron chi connectivity index (χ1n) is 5.95. The molecular weight excluding hydrogens is 238 g/mol. The van der Waals surface area contributed by atoms with Crippen LogP contribution < -0.4 is 14.8 Å². The van der Waals surface area contributed by atoms with E-state index in [9.17, 15) is 0 Å². The fourth-order valence-electron chi connectivity index (χ4n) is 1.87. The molecule has 0 amide bonds. The van der Waals surface area contributed by atoms with Crippen LogP contribution in [0.3, 0.4) is 0 Å². The van der Waals surface area contributed by atoms with Gasteiger partial charge in [-0.3, -0.25) is 0 Å². The molecule has 1 N–H and O–H groups in total. The van der Waals surface area contributed by atoms with E-state index in [-0.39, 0.29) is 12.4 Å². The van der Waals surface area contributed by atoms with E-state index >= 15 is 0 Å². The Hall–Kier alpha value is -0.930. The van der Waals surface area contributed by atoms with Gasteiger partial charge in [-0.05, 0) is 44.2 Å². The van der Waals surface area contributed by atoms with Crippen molar-refractivity contribution in [3.8, 4) is 11.5 Å². The minimum Gasteiger partial charge on any atom is -0.494 e. The molecule has 1 unspecified atom stereocenters. The second kappa shape index (κ2) is 7.41. The van der Waals surface area contributed by atoms with Crippen LogP contribution in [0.1, 0.15) is 13.3 Å². The summed E-state index contributed by atoms with van der Waals surface area (Å²) in [5, 5.41) is 3.33. The van der Waals surface area contributed by atoms with Gasteiger partial charge in [0.05, 0.1) is 13.2 Å². The average Bonchev–Trinajstić information content (AvgIpc) is 2.82. The number of nitrogens with one attached hydrogen (secondary N) is 1. The van der Waals surface area contributed by atoms with Crippen molar-refractivity contribution in [1.82, 2.24) is 5.32 Å². The molecule has 17 heavy (non-hydrogen) atoms. The molecule has 0 aliphatic carbocycles. The predicted molar refractivity (Wildman–Crippen MR) is 71.3 cm³/mol. The molecule has 0 saturated carbocycles. The van der Waals surface area contributed by atoms with Crippen LogP contribution in [-0.2, 0) is 0 Å². The zero-order valence-corrected chi connectivity index (χ0v) is 11.0. The van der Waals surface area contributed by atoms with E-state index in [1.807, 2.05) is 31.2 Å². The Balaban J connectivity index is 0.00000144. The van der Waals surface area contributed by atoms with Crippen LogP contribution in [0, 0.1) is 5.92 Å². The van der Waals surface area contributed by atoms with Crippen molar-refractivity contribution < 1.29 is 9.47 Å². The Morgan fingerprint density at radius 2 is 1.82 bits per heavy atom. The number of halogens is 1. The van der Waals surface area contributed by atoms with Crippen LogP contribution in [0.5, 0.6) is 11.5 Å². The Morgan fingerprint density at radius 3 is 2.35 bits per heavy atom. The monoisotopic (exact) mass is 257 g/mol. The van der Waals surface area contributed by atoms with E-state index in [1.165, 1.54) is 6.42 Å². The highest BCUT2D eigenvalue weighted by Crippen LogP contribution is 2.19. The smallest absolute Gasteiger partial charge is 0.119 e. The average molecular weight is 258 g/mol. The molecule has 1 aliphatic heterocycles. The summed E-state index contributed by atoms with van der Waals surface area (Å²) >= 11 is 0. The number of benzene rings is 1. The van der Waals surface area contributed by atoms with Gasteiger partial charge in [-0.25, -0.2) is 0 Å². The van der Waals surface area contributed by atoms with Gasteiger partial charge in [0.1, 0.15) is 11.5 Å². The molecule has 3 nitrogen and oxygen atoms in total. The SMILES string of the molecule is CCOc1ccc(OCC2CCNC2)cc1.Cl. The van der Waals surface area contributed by atoms with Gasteiger partial charge in [0.25, 0.3) is 0 Å². The molecule has 1 aliphatic rings. The summed E-state index contributed by atoms with van der Waals surface area (Å²) in [6.45, 7) is 5.70. The molecule has 1 fully saturated rings. The van der Waals surface area contributed by atoms with Crippen LogP contribution in [0.4, 0.5) is 0 Å². The van der Waals surface area contributed by atoms with E-state index in [2.05, 4.69) is 5.32 Å². The molecular formula is C13H20ClNO2. The summed E-state index contributed by atoms with van der Waals surface area (Å²) in [6, 6.07) is 7.83. The quantitative estimate of drug-likeness (QED) is 0.879. The first-order valence-corrected chi connectivity index (χ1v) is 5.95. The molecule has 1 aromatic carbocycles. The van der Waals surface area contributed by atoms with Crippen molar-refractivity contribution in [1.29, 1.82) is 0 Å². The number of ether oxygens (including phenoxy) is 2. The van der Waals surface area contributed by atoms with Gasteiger partial charge in [-0.2, -0.15) is 0 Å². The van der Waals surface area contributed by atoms with Gasteiger partial charge in [0, 0.05) is 12.5 Å². The lowest BCUT2D eigenvalue weighted by molar-refractivity contribution is 0.259. The van der Waals surface area contributed by atoms with Gasteiger partial charge in [-0.1, -0.05) is 0 Å². The summed E-state index contributed by atoms with van der Waals surface area (Å²) in [4.78, 5) is 0. The number of hydrogen-bond donors (Lipinski definition) is 1. The van der Waals surface area contributed by atoms with Gasteiger partial charge in [0.15, 0.2) is 0 Å². The Bertz CT molecular complexity index is 310. The van der Waals surface area contributed by atoms with Gasteiger partial charge in [0.2, 0.25) is 0 Å². The minimum atomic E-state index is 0. The van der Waals surface area contributed by atoms with E-state index < -0.39 is 0 Å². The molecule has 1 saturated heterocycles. The van der Waals surface area contributed by atoms with Crippen LogP contribution in [-0.4, -0.2) is 26.3 Å². The fourth-order valence-corrected chi connectivity index (χ4v) is 1.87. The number of rotatable bonds is 5. The molecule has 1 heterocycles. The molecule has 1 aromatic rings. The van der Waals surface area contributed by atoms with Crippen molar-refractivity contribution in [2.75, 3.05) is 26.3 Å². The van der Waals surface area contributed by atoms with E-state index in [0.717, 1.165) is 31.2 Å². The maximum absolute atomic E-state index is 5.73. The molecule has 0 spiro atoms. The highest BCUT2D eigenvalue weighted by Gasteiger charge is 2.14. The van der Waals surface area contributed by atoms with Crippen molar-refractivity contribution in [2.45, 2.75) is 13.3 Å². The first-order chi connectivity index (χ1) is 7.88. The molecule has 96 valence electrons. The zero-order chi connectivity index (χ0) is 11.2. The second-order valence-corrected chi connectivity index (χ2v) is 4.07.